The summed E-state index contributed by atoms with van der Waals surface area (Å²) in [5, 5.41) is 12.6. The predicted molar refractivity (Wildman–Crippen MR) is 60.3 cm³/mol. The fraction of sp³-hybridized carbons (Fsp3) is 0.167. The standard InChI is InChI=1S/C12H13NO/c1-13-12-8-10(14)7-9-5-3-2-4-6-11(9)12/h3-8,13-14H,2H2,1H3. The number of phenols is 1. The number of anilines is 1. The van der Waals surface area contributed by atoms with Crippen LogP contribution in [0.5, 0.6) is 5.75 Å². The first-order valence-electron chi connectivity index (χ1n) is 4.69. The van der Waals surface area contributed by atoms with Crippen LogP contribution in [0.15, 0.2) is 24.3 Å². The molecule has 0 aliphatic heterocycles. The van der Waals surface area contributed by atoms with Crippen molar-refractivity contribution in [3.05, 3.63) is 35.4 Å². The fourth-order valence-corrected chi connectivity index (χ4v) is 1.65. The van der Waals surface area contributed by atoms with Gasteiger partial charge < -0.3 is 10.4 Å². The van der Waals surface area contributed by atoms with Crippen LogP contribution in [0.25, 0.3) is 12.2 Å². The van der Waals surface area contributed by atoms with E-state index in [1.165, 1.54) is 0 Å². The van der Waals surface area contributed by atoms with Gasteiger partial charge in [0.05, 0.1) is 0 Å². The van der Waals surface area contributed by atoms with Crippen molar-refractivity contribution in [2.75, 3.05) is 12.4 Å². The van der Waals surface area contributed by atoms with E-state index in [0.717, 1.165) is 23.2 Å². The van der Waals surface area contributed by atoms with E-state index in [0.29, 0.717) is 5.75 Å². The molecule has 0 saturated carbocycles. The third-order valence-corrected chi connectivity index (χ3v) is 2.32. The molecule has 0 radical (unpaired) electrons. The molecule has 1 aromatic rings. The maximum Gasteiger partial charge on any atom is 0.118 e. The number of aromatic hydroxyl groups is 1. The van der Waals surface area contributed by atoms with Gasteiger partial charge in [0.2, 0.25) is 0 Å². The van der Waals surface area contributed by atoms with Gasteiger partial charge in [-0.25, -0.2) is 0 Å². The Morgan fingerprint density at radius 1 is 1.21 bits per heavy atom. The van der Waals surface area contributed by atoms with E-state index in [1.807, 2.05) is 13.1 Å². The van der Waals surface area contributed by atoms with Crippen LogP contribution in [0.3, 0.4) is 0 Å². The van der Waals surface area contributed by atoms with Crippen molar-refractivity contribution in [2.24, 2.45) is 0 Å². The van der Waals surface area contributed by atoms with Gasteiger partial charge in [-0.3, -0.25) is 0 Å². The minimum absolute atomic E-state index is 0.299. The van der Waals surface area contributed by atoms with Crippen molar-refractivity contribution in [1.82, 2.24) is 0 Å². The molecule has 0 saturated heterocycles. The molecule has 0 bridgehead atoms. The second kappa shape index (κ2) is 3.58. The zero-order valence-corrected chi connectivity index (χ0v) is 8.12. The van der Waals surface area contributed by atoms with Crippen molar-refractivity contribution in [3.63, 3.8) is 0 Å². The Hall–Kier alpha value is -1.70. The van der Waals surface area contributed by atoms with Gasteiger partial charge in [-0.2, -0.15) is 0 Å². The van der Waals surface area contributed by atoms with Crippen LogP contribution >= 0.6 is 0 Å². The number of phenolic OH excluding ortho intramolecular Hbond substituents is 1. The molecule has 1 aliphatic rings. The first kappa shape index (κ1) is 8.88. The van der Waals surface area contributed by atoms with Gasteiger partial charge >= 0.3 is 0 Å². The third-order valence-electron chi connectivity index (χ3n) is 2.32. The smallest absolute Gasteiger partial charge is 0.118 e. The SMILES string of the molecule is CNc1cc(O)cc2c1C=CCC=C2. The molecule has 0 unspecified atom stereocenters. The molecule has 0 atom stereocenters. The Balaban J connectivity index is 2.64. The summed E-state index contributed by atoms with van der Waals surface area (Å²) < 4.78 is 0. The maximum absolute atomic E-state index is 9.49. The normalized spacial score (nSPS) is 13.5. The Kier molecular flexibility index (Phi) is 2.27. The van der Waals surface area contributed by atoms with E-state index in [9.17, 15) is 5.11 Å². The summed E-state index contributed by atoms with van der Waals surface area (Å²) in [7, 11) is 1.86. The van der Waals surface area contributed by atoms with Crippen molar-refractivity contribution in [1.29, 1.82) is 0 Å². The summed E-state index contributed by atoms with van der Waals surface area (Å²) in [6.07, 6.45) is 9.26. The second-order valence-electron chi connectivity index (χ2n) is 3.29. The molecular formula is C12H13NO. The minimum Gasteiger partial charge on any atom is -0.508 e. The lowest BCUT2D eigenvalue weighted by Crippen LogP contribution is -1.93. The number of benzene rings is 1. The highest BCUT2D eigenvalue weighted by atomic mass is 16.3. The molecule has 2 rings (SSSR count). The van der Waals surface area contributed by atoms with E-state index in [4.69, 9.17) is 0 Å². The van der Waals surface area contributed by atoms with Gasteiger partial charge in [0.25, 0.3) is 0 Å². The van der Waals surface area contributed by atoms with Crippen molar-refractivity contribution >= 4 is 17.8 Å². The summed E-state index contributed by atoms with van der Waals surface area (Å²) in [6.45, 7) is 0. The summed E-state index contributed by atoms with van der Waals surface area (Å²) in [5.74, 6) is 0.299. The van der Waals surface area contributed by atoms with Crippen LogP contribution in [-0.2, 0) is 0 Å². The van der Waals surface area contributed by atoms with Crippen LogP contribution in [0, 0.1) is 0 Å². The highest BCUT2D eigenvalue weighted by molar-refractivity contribution is 5.78. The van der Waals surface area contributed by atoms with Crippen molar-refractivity contribution in [2.45, 2.75) is 6.42 Å². The van der Waals surface area contributed by atoms with E-state index in [1.54, 1.807) is 12.1 Å². The molecule has 0 amide bonds. The first-order valence-corrected chi connectivity index (χ1v) is 4.69. The van der Waals surface area contributed by atoms with Gasteiger partial charge in [0.1, 0.15) is 5.75 Å². The van der Waals surface area contributed by atoms with Crippen molar-refractivity contribution < 1.29 is 5.11 Å². The molecule has 72 valence electrons. The van der Waals surface area contributed by atoms with E-state index in [2.05, 4.69) is 23.5 Å². The summed E-state index contributed by atoms with van der Waals surface area (Å²) in [5.41, 5.74) is 3.16. The van der Waals surface area contributed by atoms with Crippen LogP contribution in [0.4, 0.5) is 5.69 Å². The Labute approximate surface area is 83.6 Å². The lowest BCUT2D eigenvalue weighted by Gasteiger charge is -2.09. The highest BCUT2D eigenvalue weighted by Crippen LogP contribution is 2.29. The van der Waals surface area contributed by atoms with Gasteiger partial charge in [-0.15, -0.1) is 0 Å². The van der Waals surface area contributed by atoms with Crippen LogP contribution < -0.4 is 5.32 Å². The van der Waals surface area contributed by atoms with E-state index in [-0.39, 0.29) is 0 Å². The number of allylic oxidation sites excluding steroid dienone is 2. The monoisotopic (exact) mass is 187 g/mol. The average molecular weight is 187 g/mol. The van der Waals surface area contributed by atoms with Gasteiger partial charge in [0, 0.05) is 24.4 Å². The van der Waals surface area contributed by atoms with Crippen LogP contribution in [-0.4, -0.2) is 12.2 Å². The summed E-state index contributed by atoms with van der Waals surface area (Å²) in [6, 6.07) is 3.52. The Morgan fingerprint density at radius 3 is 2.79 bits per heavy atom. The van der Waals surface area contributed by atoms with Crippen LogP contribution in [0.1, 0.15) is 17.5 Å². The molecule has 0 spiro atoms. The third kappa shape index (κ3) is 1.51. The summed E-state index contributed by atoms with van der Waals surface area (Å²) in [4.78, 5) is 0. The fourth-order valence-electron chi connectivity index (χ4n) is 1.65. The Bertz CT molecular complexity index is 405. The van der Waals surface area contributed by atoms with Gasteiger partial charge in [-0.05, 0) is 18.1 Å². The lowest BCUT2D eigenvalue weighted by molar-refractivity contribution is 0.475. The molecule has 0 fully saturated rings. The Morgan fingerprint density at radius 2 is 2.00 bits per heavy atom. The average Bonchev–Trinajstić information content (AvgIpc) is 2.41. The largest absolute Gasteiger partial charge is 0.508 e. The highest BCUT2D eigenvalue weighted by Gasteiger charge is 2.06. The lowest BCUT2D eigenvalue weighted by atomic mass is 10.0. The number of hydrogen-bond acceptors (Lipinski definition) is 2. The zero-order chi connectivity index (χ0) is 9.97. The van der Waals surface area contributed by atoms with E-state index >= 15 is 0 Å². The number of nitrogens with one attached hydrogen (secondary N) is 1. The molecule has 2 heteroatoms. The topological polar surface area (TPSA) is 32.3 Å². The number of fused-ring (bicyclic) bond motifs is 1. The molecule has 0 heterocycles. The molecule has 14 heavy (non-hydrogen) atoms. The summed E-state index contributed by atoms with van der Waals surface area (Å²) >= 11 is 0. The number of hydrogen-bond donors (Lipinski definition) is 2. The van der Waals surface area contributed by atoms with Crippen molar-refractivity contribution in [3.8, 4) is 5.75 Å². The molecule has 0 aromatic heterocycles. The van der Waals surface area contributed by atoms with Gasteiger partial charge in [-0.1, -0.05) is 24.3 Å². The van der Waals surface area contributed by atoms with Gasteiger partial charge in [0.15, 0.2) is 0 Å². The minimum atomic E-state index is 0.299. The second-order valence-corrected chi connectivity index (χ2v) is 3.29. The molecule has 2 N–H and O–H groups in total. The number of rotatable bonds is 1. The first-order chi connectivity index (χ1) is 6.81. The van der Waals surface area contributed by atoms with E-state index < -0.39 is 0 Å². The predicted octanol–water partition coefficient (Wildman–Crippen LogP) is 2.86. The maximum atomic E-state index is 9.49. The molecule has 1 aliphatic carbocycles. The quantitative estimate of drug-likeness (QED) is 0.708. The zero-order valence-electron chi connectivity index (χ0n) is 8.12. The molecular weight excluding hydrogens is 174 g/mol. The van der Waals surface area contributed by atoms with Crippen LogP contribution in [0.2, 0.25) is 0 Å². The molecule has 1 aromatic carbocycles. The molecule has 2 nitrogen and oxygen atoms in total.